The number of aliphatic hydroxyl groups is 1. The van der Waals surface area contributed by atoms with Crippen LogP contribution in [-0.4, -0.2) is 52.7 Å². The molecule has 0 aromatic carbocycles. The summed E-state index contributed by atoms with van der Waals surface area (Å²) in [6.07, 6.45) is 37.1. The summed E-state index contributed by atoms with van der Waals surface area (Å²) >= 11 is 0. The van der Waals surface area contributed by atoms with E-state index in [2.05, 4.69) is 26.0 Å². The van der Waals surface area contributed by atoms with Gasteiger partial charge in [-0.3, -0.25) is 9.59 Å². The molecule has 0 heterocycles. The van der Waals surface area contributed by atoms with E-state index in [9.17, 15) is 14.7 Å². The summed E-state index contributed by atoms with van der Waals surface area (Å²) in [5, 5.41) is 9.97. The molecule has 0 saturated carbocycles. The zero-order chi connectivity index (χ0) is 29.4. The summed E-state index contributed by atoms with van der Waals surface area (Å²) in [5.74, 6) is -0.709. The number of ether oxygens (including phenoxy) is 1. The Morgan fingerprint density at radius 2 is 0.902 bits per heavy atom. The van der Waals surface area contributed by atoms with Crippen molar-refractivity contribution in [2.45, 2.75) is 206 Å². The molecule has 0 radical (unpaired) electrons. The summed E-state index contributed by atoms with van der Waals surface area (Å²) in [7, 11) is 0. The third kappa shape index (κ3) is 35.9. The van der Waals surface area contributed by atoms with E-state index in [0.29, 0.717) is 12.8 Å². The van der Waals surface area contributed by atoms with Crippen LogP contribution in [-0.2, 0) is 14.3 Å². The van der Waals surface area contributed by atoms with Crippen LogP contribution in [0, 0.1) is 0 Å². The molecule has 0 unspecified atom stereocenters. The molecule has 41 heavy (non-hydrogen) atoms. The quantitative estimate of drug-likeness (QED) is 0.0288. The molecule has 0 aromatic heterocycles. The summed E-state index contributed by atoms with van der Waals surface area (Å²) < 4.78 is 4.99. The van der Waals surface area contributed by atoms with Gasteiger partial charge >= 0.3 is 41.5 Å². The molecule has 0 rings (SSSR count). The fourth-order valence-electron chi connectivity index (χ4n) is 5.23. The zero-order valence-corrected chi connectivity index (χ0v) is 26.9. The molecular formula is C36H69NaO4. The average molecular weight is 589 g/mol. The fraction of sp³-hybridized carbons (Fsp3) is 0.889. The van der Waals surface area contributed by atoms with Crippen molar-refractivity contribution in [1.82, 2.24) is 0 Å². The van der Waals surface area contributed by atoms with Crippen LogP contribution in [0.1, 0.15) is 200 Å². The Hall–Kier alpha value is -0.160. The van der Waals surface area contributed by atoms with E-state index in [-0.39, 0.29) is 47.6 Å². The number of unbranched alkanes of at least 4 members (excludes halogenated alkanes) is 22. The van der Waals surface area contributed by atoms with E-state index in [1.807, 2.05) is 0 Å². The van der Waals surface area contributed by atoms with Gasteiger partial charge in [-0.25, -0.2) is 0 Å². The summed E-state index contributed by atoms with van der Waals surface area (Å²) in [6, 6.07) is 0. The molecule has 0 saturated heterocycles. The molecule has 0 spiro atoms. The van der Waals surface area contributed by atoms with Crippen molar-refractivity contribution in [1.29, 1.82) is 0 Å². The standard InChI is InChI=1S/C36H68O4.Na.H/c1-3-5-7-9-10-11-12-13-14-15-16-17-21-24-28-32-35(38)40-36(39)33-29-25-22-19-18-20-23-27-31-34(37)30-26-8-6-4-2;;/h23,27,34,37H,3-22,24-26,28-33H2,1-2H3;;/b27-23-;;/t34-;;/m1../s1. The third-order valence-electron chi connectivity index (χ3n) is 7.93. The molecule has 0 bridgehead atoms. The molecule has 0 aliphatic carbocycles. The van der Waals surface area contributed by atoms with Gasteiger partial charge in [0.25, 0.3) is 0 Å². The van der Waals surface area contributed by atoms with Crippen LogP contribution in [0.3, 0.4) is 0 Å². The molecule has 5 heteroatoms. The van der Waals surface area contributed by atoms with Crippen LogP contribution in [0.25, 0.3) is 0 Å². The SMILES string of the molecule is CCCCCCCCCCCCCCCCCC(=O)OC(=O)CCCCCCC/C=C\C[C@H](O)CCCCCC.[NaH]. The van der Waals surface area contributed by atoms with Crippen LogP contribution < -0.4 is 0 Å². The monoisotopic (exact) mass is 589 g/mol. The Kier molecular flexibility index (Phi) is 37.8. The van der Waals surface area contributed by atoms with Crippen LogP contribution in [0.15, 0.2) is 12.2 Å². The van der Waals surface area contributed by atoms with Crippen molar-refractivity contribution < 1.29 is 19.4 Å². The van der Waals surface area contributed by atoms with Crippen molar-refractivity contribution in [2.24, 2.45) is 0 Å². The summed E-state index contributed by atoms with van der Waals surface area (Å²) in [4.78, 5) is 23.8. The molecule has 238 valence electrons. The first-order chi connectivity index (χ1) is 19.6. The molecule has 0 fully saturated rings. The molecule has 1 atom stereocenters. The number of hydrogen-bond acceptors (Lipinski definition) is 4. The van der Waals surface area contributed by atoms with Crippen molar-refractivity contribution in [3.8, 4) is 0 Å². The van der Waals surface area contributed by atoms with Crippen LogP contribution in [0.4, 0.5) is 0 Å². The van der Waals surface area contributed by atoms with Gasteiger partial charge in [-0.15, -0.1) is 0 Å². The number of aliphatic hydroxyl groups excluding tert-OH is 1. The minimum absolute atomic E-state index is 0. The molecule has 0 amide bonds. The van der Waals surface area contributed by atoms with Crippen LogP contribution in [0.2, 0.25) is 0 Å². The Balaban J connectivity index is 0. The number of carbonyl (C=O) groups excluding carboxylic acids is 2. The predicted molar refractivity (Wildman–Crippen MR) is 179 cm³/mol. The third-order valence-corrected chi connectivity index (χ3v) is 7.93. The minimum atomic E-state index is -0.359. The summed E-state index contributed by atoms with van der Waals surface area (Å²) in [6.45, 7) is 4.48. The normalized spacial score (nSPS) is 12.0. The molecule has 0 aromatic rings. The van der Waals surface area contributed by atoms with Crippen molar-refractivity contribution in [3.05, 3.63) is 12.2 Å². The maximum absolute atomic E-state index is 11.9. The van der Waals surface area contributed by atoms with E-state index in [1.54, 1.807) is 0 Å². The number of esters is 2. The second-order valence-electron chi connectivity index (χ2n) is 12.1. The second kappa shape index (κ2) is 36.0. The molecule has 0 aliphatic rings. The zero-order valence-electron chi connectivity index (χ0n) is 26.9. The van der Waals surface area contributed by atoms with Crippen molar-refractivity contribution in [2.75, 3.05) is 0 Å². The summed E-state index contributed by atoms with van der Waals surface area (Å²) in [5.41, 5.74) is 0. The average Bonchev–Trinajstić information content (AvgIpc) is 2.94. The number of carbonyl (C=O) groups is 2. The van der Waals surface area contributed by atoms with Crippen molar-refractivity contribution >= 4 is 41.5 Å². The number of rotatable bonds is 31. The van der Waals surface area contributed by atoms with E-state index in [4.69, 9.17) is 4.74 Å². The van der Waals surface area contributed by atoms with Gasteiger partial charge in [-0.05, 0) is 38.5 Å². The topological polar surface area (TPSA) is 63.6 Å². The number of hydrogen-bond donors (Lipinski definition) is 1. The first-order valence-electron chi connectivity index (χ1n) is 17.7. The van der Waals surface area contributed by atoms with E-state index >= 15 is 0 Å². The van der Waals surface area contributed by atoms with E-state index in [0.717, 1.165) is 70.6 Å². The van der Waals surface area contributed by atoms with Gasteiger partial charge in [0.15, 0.2) is 0 Å². The first-order valence-corrected chi connectivity index (χ1v) is 17.7. The Morgan fingerprint density at radius 3 is 1.34 bits per heavy atom. The van der Waals surface area contributed by atoms with Gasteiger partial charge in [0.1, 0.15) is 0 Å². The van der Waals surface area contributed by atoms with Gasteiger partial charge in [0.2, 0.25) is 0 Å². The van der Waals surface area contributed by atoms with Gasteiger partial charge < -0.3 is 9.84 Å². The predicted octanol–water partition coefficient (Wildman–Crippen LogP) is 10.7. The Morgan fingerprint density at radius 1 is 0.537 bits per heavy atom. The van der Waals surface area contributed by atoms with Gasteiger partial charge in [-0.1, -0.05) is 161 Å². The van der Waals surface area contributed by atoms with Crippen LogP contribution >= 0.6 is 0 Å². The first kappa shape index (κ1) is 43.0. The van der Waals surface area contributed by atoms with E-state index < -0.39 is 0 Å². The molecular weight excluding hydrogens is 519 g/mol. The molecule has 1 N–H and O–H groups in total. The molecule has 0 aliphatic heterocycles. The van der Waals surface area contributed by atoms with Crippen molar-refractivity contribution in [3.63, 3.8) is 0 Å². The number of allylic oxidation sites excluding steroid dienone is 1. The fourth-order valence-corrected chi connectivity index (χ4v) is 5.23. The molecule has 4 nitrogen and oxygen atoms in total. The maximum atomic E-state index is 11.9. The van der Waals surface area contributed by atoms with Gasteiger partial charge in [0.05, 0.1) is 6.10 Å². The van der Waals surface area contributed by atoms with Gasteiger partial charge in [0, 0.05) is 12.8 Å². The second-order valence-corrected chi connectivity index (χ2v) is 12.1. The van der Waals surface area contributed by atoms with Gasteiger partial charge in [-0.2, -0.15) is 0 Å². The Labute approximate surface area is 277 Å². The van der Waals surface area contributed by atoms with Crippen LogP contribution in [0.5, 0.6) is 0 Å². The van der Waals surface area contributed by atoms with E-state index in [1.165, 1.54) is 103 Å². The Bertz CT molecular complexity index is 578.